The van der Waals surface area contributed by atoms with Crippen molar-refractivity contribution in [2.75, 3.05) is 5.32 Å². The number of aryl methyl sites for hydroxylation is 1. The SMILES string of the molecule is CCc1ccc(C(=O)NC(=S)Nc2ccc(-c3nc4ncccc4o3)cc2)cc1. The normalized spacial score (nSPS) is 10.7. The van der Waals surface area contributed by atoms with Crippen molar-refractivity contribution < 1.29 is 9.21 Å². The minimum absolute atomic E-state index is 0.230. The van der Waals surface area contributed by atoms with Gasteiger partial charge >= 0.3 is 0 Å². The number of benzene rings is 2. The topological polar surface area (TPSA) is 80.0 Å². The predicted octanol–water partition coefficient (Wildman–Crippen LogP) is 4.58. The largest absolute Gasteiger partial charge is 0.434 e. The first kappa shape index (κ1) is 18.8. The molecule has 144 valence electrons. The number of hydrogen-bond acceptors (Lipinski definition) is 5. The molecule has 0 aliphatic heterocycles. The van der Waals surface area contributed by atoms with Crippen molar-refractivity contribution in [3.05, 3.63) is 78.0 Å². The van der Waals surface area contributed by atoms with Crippen molar-refractivity contribution in [1.29, 1.82) is 0 Å². The van der Waals surface area contributed by atoms with E-state index in [0.717, 1.165) is 17.7 Å². The molecule has 4 aromatic rings. The van der Waals surface area contributed by atoms with Crippen LogP contribution < -0.4 is 10.6 Å². The lowest BCUT2D eigenvalue weighted by Gasteiger charge is -2.10. The highest BCUT2D eigenvalue weighted by Gasteiger charge is 2.10. The first-order valence-corrected chi connectivity index (χ1v) is 9.56. The summed E-state index contributed by atoms with van der Waals surface area (Å²) in [7, 11) is 0. The van der Waals surface area contributed by atoms with Crippen molar-refractivity contribution in [3.8, 4) is 11.5 Å². The van der Waals surface area contributed by atoms with E-state index in [4.69, 9.17) is 16.6 Å². The number of nitrogens with one attached hydrogen (secondary N) is 2. The van der Waals surface area contributed by atoms with Crippen LogP contribution in [0.25, 0.3) is 22.7 Å². The lowest BCUT2D eigenvalue weighted by atomic mass is 10.1. The van der Waals surface area contributed by atoms with Crippen LogP contribution >= 0.6 is 12.2 Å². The first-order chi connectivity index (χ1) is 14.1. The molecule has 1 amide bonds. The number of oxazole rings is 1. The van der Waals surface area contributed by atoms with E-state index >= 15 is 0 Å². The summed E-state index contributed by atoms with van der Waals surface area (Å²) in [6, 6.07) is 18.5. The average Bonchev–Trinajstić information content (AvgIpc) is 3.18. The second-order valence-corrected chi connectivity index (χ2v) is 6.79. The van der Waals surface area contributed by atoms with Crippen LogP contribution in [-0.2, 0) is 6.42 Å². The molecule has 0 atom stereocenters. The van der Waals surface area contributed by atoms with Gasteiger partial charge in [-0.25, -0.2) is 4.98 Å². The zero-order valence-electron chi connectivity index (χ0n) is 15.7. The summed E-state index contributed by atoms with van der Waals surface area (Å²) in [6.07, 6.45) is 2.60. The standard InChI is InChI=1S/C22H18N4O2S/c1-2-14-5-7-15(8-6-14)20(27)26-22(29)24-17-11-9-16(10-12-17)21-25-19-18(28-21)4-3-13-23-19/h3-13H,2H2,1H3,(H2,24,26,27,29). The van der Waals surface area contributed by atoms with Gasteiger partial charge in [0.1, 0.15) is 0 Å². The fourth-order valence-corrected chi connectivity index (χ4v) is 3.03. The van der Waals surface area contributed by atoms with Crippen LogP contribution in [0.3, 0.4) is 0 Å². The van der Waals surface area contributed by atoms with Crippen LogP contribution in [0.2, 0.25) is 0 Å². The van der Waals surface area contributed by atoms with E-state index < -0.39 is 0 Å². The monoisotopic (exact) mass is 402 g/mol. The molecule has 0 bridgehead atoms. The minimum atomic E-state index is -0.249. The number of pyridine rings is 1. The lowest BCUT2D eigenvalue weighted by molar-refractivity contribution is 0.0977. The number of aromatic nitrogens is 2. The Bertz CT molecular complexity index is 1130. The smallest absolute Gasteiger partial charge is 0.257 e. The molecule has 7 heteroatoms. The average molecular weight is 402 g/mol. The Morgan fingerprint density at radius 3 is 2.52 bits per heavy atom. The Labute approximate surface area is 173 Å². The molecule has 0 saturated heterocycles. The highest BCUT2D eigenvalue weighted by molar-refractivity contribution is 7.80. The van der Waals surface area contributed by atoms with Gasteiger partial charge in [-0.15, -0.1) is 0 Å². The number of rotatable bonds is 4. The highest BCUT2D eigenvalue weighted by atomic mass is 32.1. The number of carbonyl (C=O) groups excluding carboxylic acids is 1. The molecular weight excluding hydrogens is 384 g/mol. The maximum Gasteiger partial charge on any atom is 0.257 e. The van der Waals surface area contributed by atoms with Crippen molar-refractivity contribution in [2.24, 2.45) is 0 Å². The Balaban J connectivity index is 1.40. The quantitative estimate of drug-likeness (QED) is 0.487. The van der Waals surface area contributed by atoms with Crippen molar-refractivity contribution in [1.82, 2.24) is 15.3 Å². The zero-order valence-corrected chi connectivity index (χ0v) is 16.5. The molecule has 0 fully saturated rings. The second kappa shape index (κ2) is 8.20. The molecule has 2 aromatic heterocycles. The third-order valence-corrected chi connectivity index (χ3v) is 4.61. The van der Waals surface area contributed by atoms with Gasteiger partial charge in [0.25, 0.3) is 5.91 Å². The number of amides is 1. The lowest BCUT2D eigenvalue weighted by Crippen LogP contribution is -2.34. The molecule has 6 nitrogen and oxygen atoms in total. The van der Waals surface area contributed by atoms with E-state index in [2.05, 4.69) is 27.5 Å². The third-order valence-electron chi connectivity index (χ3n) is 4.41. The number of hydrogen-bond donors (Lipinski definition) is 2. The summed E-state index contributed by atoms with van der Waals surface area (Å²) < 4.78 is 5.72. The number of fused-ring (bicyclic) bond motifs is 1. The summed E-state index contributed by atoms with van der Waals surface area (Å²) in [5.41, 5.74) is 4.51. The summed E-state index contributed by atoms with van der Waals surface area (Å²) in [5.74, 6) is 0.248. The Hall–Kier alpha value is -3.58. The molecule has 0 saturated carbocycles. The van der Waals surface area contributed by atoms with Crippen LogP contribution in [0.5, 0.6) is 0 Å². The van der Waals surface area contributed by atoms with Gasteiger partial charge in [0.2, 0.25) is 5.89 Å². The number of nitrogens with zero attached hydrogens (tertiary/aromatic N) is 2. The first-order valence-electron chi connectivity index (χ1n) is 9.15. The molecule has 4 rings (SSSR count). The second-order valence-electron chi connectivity index (χ2n) is 6.38. The van der Waals surface area contributed by atoms with Crippen LogP contribution in [0.4, 0.5) is 5.69 Å². The van der Waals surface area contributed by atoms with Gasteiger partial charge in [-0.05, 0) is 72.7 Å². The van der Waals surface area contributed by atoms with Gasteiger partial charge in [-0.2, -0.15) is 4.98 Å². The van der Waals surface area contributed by atoms with Crippen LogP contribution in [0.1, 0.15) is 22.8 Å². The molecular formula is C22H18N4O2S. The van der Waals surface area contributed by atoms with Crippen molar-refractivity contribution in [3.63, 3.8) is 0 Å². The number of thiocarbonyl (C=S) groups is 1. The van der Waals surface area contributed by atoms with E-state index in [9.17, 15) is 4.79 Å². The van der Waals surface area contributed by atoms with Crippen LogP contribution in [0.15, 0.2) is 71.3 Å². The van der Waals surface area contributed by atoms with Crippen molar-refractivity contribution in [2.45, 2.75) is 13.3 Å². The molecule has 0 unspecified atom stereocenters. The van der Waals surface area contributed by atoms with E-state index in [-0.39, 0.29) is 11.0 Å². The van der Waals surface area contributed by atoms with E-state index in [1.54, 1.807) is 24.4 Å². The van der Waals surface area contributed by atoms with Crippen LogP contribution in [-0.4, -0.2) is 21.0 Å². The number of carbonyl (C=O) groups is 1. The van der Waals surface area contributed by atoms with Gasteiger partial charge < -0.3 is 9.73 Å². The molecule has 2 heterocycles. The Morgan fingerprint density at radius 1 is 1.07 bits per heavy atom. The maximum atomic E-state index is 12.3. The van der Waals surface area contributed by atoms with E-state index in [1.165, 1.54) is 5.56 Å². The summed E-state index contributed by atoms with van der Waals surface area (Å²) in [6.45, 7) is 2.07. The molecule has 2 N–H and O–H groups in total. The Kier molecular flexibility index (Phi) is 5.31. The van der Waals surface area contributed by atoms with Gasteiger partial charge in [0.15, 0.2) is 16.3 Å². The molecule has 0 radical (unpaired) electrons. The molecule has 2 aromatic carbocycles. The summed E-state index contributed by atoms with van der Waals surface area (Å²) in [4.78, 5) is 20.9. The fourth-order valence-electron chi connectivity index (χ4n) is 2.82. The molecule has 29 heavy (non-hydrogen) atoms. The van der Waals surface area contributed by atoms with Gasteiger partial charge in [-0.3, -0.25) is 10.1 Å². The predicted molar refractivity (Wildman–Crippen MR) is 117 cm³/mol. The van der Waals surface area contributed by atoms with Gasteiger partial charge in [-0.1, -0.05) is 19.1 Å². The van der Waals surface area contributed by atoms with Gasteiger partial charge in [0, 0.05) is 23.0 Å². The van der Waals surface area contributed by atoms with E-state index in [1.807, 2.05) is 42.5 Å². The molecule has 0 spiro atoms. The van der Waals surface area contributed by atoms with Crippen molar-refractivity contribution >= 4 is 40.2 Å². The minimum Gasteiger partial charge on any atom is -0.434 e. The fraction of sp³-hybridized carbons (Fsp3) is 0.0909. The third kappa shape index (κ3) is 4.30. The highest BCUT2D eigenvalue weighted by Crippen LogP contribution is 2.24. The molecule has 0 aliphatic carbocycles. The van der Waals surface area contributed by atoms with Crippen LogP contribution in [0, 0.1) is 0 Å². The summed E-state index contributed by atoms with van der Waals surface area (Å²) >= 11 is 5.25. The zero-order chi connectivity index (χ0) is 20.2. The van der Waals surface area contributed by atoms with Gasteiger partial charge in [0.05, 0.1) is 0 Å². The molecule has 0 aliphatic rings. The van der Waals surface area contributed by atoms with E-state index in [0.29, 0.717) is 22.7 Å². The number of anilines is 1. The maximum absolute atomic E-state index is 12.3. The Morgan fingerprint density at radius 2 is 1.83 bits per heavy atom. The summed E-state index contributed by atoms with van der Waals surface area (Å²) in [5, 5.41) is 5.92.